The Labute approximate surface area is 87.3 Å². The van der Waals surface area contributed by atoms with Crippen molar-refractivity contribution in [3.05, 3.63) is 0 Å². The van der Waals surface area contributed by atoms with Gasteiger partial charge in [-0.2, -0.15) is 0 Å². The fourth-order valence-corrected chi connectivity index (χ4v) is 2.89. The Morgan fingerprint density at radius 2 is 2.29 bits per heavy atom. The molecule has 1 unspecified atom stereocenters. The Morgan fingerprint density at radius 1 is 1.50 bits per heavy atom. The highest BCUT2D eigenvalue weighted by Crippen LogP contribution is 2.30. The predicted octanol–water partition coefficient (Wildman–Crippen LogP) is -0.373. The van der Waals surface area contributed by atoms with E-state index in [0.29, 0.717) is 9.47 Å². The van der Waals surface area contributed by atoms with Crippen LogP contribution >= 0.6 is 23.1 Å². The molecule has 1 fully saturated rings. The van der Waals surface area contributed by atoms with Crippen LogP contribution in [0, 0.1) is 0 Å². The number of aromatic nitrogens is 2. The average molecular weight is 230 g/mol. The number of amides is 2. The first-order valence-corrected chi connectivity index (χ1v) is 5.44. The number of hydrogen-bond acceptors (Lipinski definition) is 7. The molecule has 1 aromatic rings. The summed E-state index contributed by atoms with van der Waals surface area (Å²) in [5.74, 6) is -0.515. The van der Waals surface area contributed by atoms with Gasteiger partial charge in [0.15, 0.2) is 4.34 Å². The number of anilines is 1. The van der Waals surface area contributed by atoms with E-state index >= 15 is 0 Å². The molecule has 14 heavy (non-hydrogen) atoms. The molecule has 1 aliphatic rings. The second kappa shape index (κ2) is 3.54. The van der Waals surface area contributed by atoms with Gasteiger partial charge >= 0.3 is 0 Å². The van der Waals surface area contributed by atoms with Crippen LogP contribution in [0.15, 0.2) is 4.34 Å². The summed E-state index contributed by atoms with van der Waals surface area (Å²) in [6.45, 7) is 0. The maximum absolute atomic E-state index is 11.2. The summed E-state index contributed by atoms with van der Waals surface area (Å²) >= 11 is 2.42. The third-order valence-corrected chi connectivity index (χ3v) is 3.63. The second-order valence-electron chi connectivity index (χ2n) is 2.63. The Hall–Kier alpha value is -1.15. The van der Waals surface area contributed by atoms with Crippen molar-refractivity contribution in [2.45, 2.75) is 16.0 Å². The van der Waals surface area contributed by atoms with Crippen LogP contribution in [0.1, 0.15) is 6.42 Å². The number of hydrogen-bond donors (Lipinski definition) is 2. The van der Waals surface area contributed by atoms with Gasteiger partial charge in [0.2, 0.25) is 16.9 Å². The van der Waals surface area contributed by atoms with E-state index in [1.165, 1.54) is 23.1 Å². The maximum atomic E-state index is 11.2. The van der Waals surface area contributed by atoms with Crippen LogP contribution < -0.4 is 11.1 Å². The maximum Gasteiger partial charge on any atom is 0.240 e. The first kappa shape index (κ1) is 9.41. The molecule has 6 nitrogen and oxygen atoms in total. The number of carbonyl (C=O) groups excluding carboxylic acids is 2. The number of carbonyl (C=O) groups is 2. The van der Waals surface area contributed by atoms with Crippen molar-refractivity contribution < 1.29 is 9.59 Å². The summed E-state index contributed by atoms with van der Waals surface area (Å²) in [7, 11) is 0. The molecule has 2 heterocycles. The van der Waals surface area contributed by atoms with Gasteiger partial charge in [-0.1, -0.05) is 23.1 Å². The van der Waals surface area contributed by atoms with Crippen LogP contribution in [0.2, 0.25) is 0 Å². The molecule has 0 bridgehead atoms. The SMILES string of the molecule is Nc1nnc(SC2CC(=O)NC2=O)s1. The zero-order valence-electron chi connectivity index (χ0n) is 6.89. The lowest BCUT2D eigenvalue weighted by Gasteiger charge is -1.99. The van der Waals surface area contributed by atoms with E-state index in [0.717, 1.165) is 0 Å². The third kappa shape index (κ3) is 1.85. The van der Waals surface area contributed by atoms with Crippen molar-refractivity contribution in [1.82, 2.24) is 15.5 Å². The van der Waals surface area contributed by atoms with Crippen LogP contribution in [-0.4, -0.2) is 27.3 Å². The average Bonchev–Trinajstić information content (AvgIpc) is 2.61. The molecule has 0 spiro atoms. The minimum absolute atomic E-state index is 0.197. The smallest absolute Gasteiger partial charge is 0.240 e. The number of nitrogen functional groups attached to an aromatic ring is 1. The number of nitrogens with two attached hydrogens (primary N) is 1. The van der Waals surface area contributed by atoms with E-state index in [4.69, 9.17) is 5.73 Å². The summed E-state index contributed by atoms with van der Waals surface area (Å²) in [5, 5.41) is 9.55. The molecule has 8 heteroatoms. The van der Waals surface area contributed by atoms with Crippen molar-refractivity contribution in [1.29, 1.82) is 0 Å². The van der Waals surface area contributed by atoms with Gasteiger partial charge < -0.3 is 5.73 Å². The lowest BCUT2D eigenvalue weighted by atomic mass is 10.4. The van der Waals surface area contributed by atoms with E-state index in [-0.39, 0.29) is 18.2 Å². The molecular formula is C6H6N4O2S2. The lowest BCUT2D eigenvalue weighted by molar-refractivity contribution is -0.124. The number of rotatable bonds is 2. The molecule has 74 valence electrons. The third-order valence-electron chi connectivity index (χ3n) is 1.59. The first-order valence-electron chi connectivity index (χ1n) is 3.74. The number of nitrogens with one attached hydrogen (secondary N) is 1. The van der Waals surface area contributed by atoms with Gasteiger partial charge in [0.05, 0.1) is 5.25 Å². The van der Waals surface area contributed by atoms with Gasteiger partial charge in [-0.05, 0) is 0 Å². The number of thioether (sulfide) groups is 1. The zero-order valence-corrected chi connectivity index (χ0v) is 8.52. The number of imide groups is 1. The van der Waals surface area contributed by atoms with E-state index in [1.54, 1.807) is 0 Å². The van der Waals surface area contributed by atoms with E-state index in [1.807, 2.05) is 0 Å². The van der Waals surface area contributed by atoms with Gasteiger partial charge in [-0.3, -0.25) is 14.9 Å². The highest BCUT2D eigenvalue weighted by Gasteiger charge is 2.32. The minimum Gasteiger partial charge on any atom is -0.374 e. The van der Waals surface area contributed by atoms with Crippen LogP contribution in [-0.2, 0) is 9.59 Å². The van der Waals surface area contributed by atoms with Gasteiger partial charge in [-0.25, -0.2) is 0 Å². The summed E-state index contributed by atoms with van der Waals surface area (Å²) in [6.07, 6.45) is 0.197. The van der Waals surface area contributed by atoms with Gasteiger partial charge in [0.25, 0.3) is 0 Å². The van der Waals surface area contributed by atoms with E-state index in [9.17, 15) is 9.59 Å². The monoisotopic (exact) mass is 230 g/mol. The molecule has 1 atom stereocenters. The fourth-order valence-electron chi connectivity index (χ4n) is 1.01. The largest absolute Gasteiger partial charge is 0.374 e. The van der Waals surface area contributed by atoms with Gasteiger partial charge in [0.1, 0.15) is 0 Å². The lowest BCUT2D eigenvalue weighted by Crippen LogP contribution is -2.22. The molecule has 0 aromatic carbocycles. The zero-order chi connectivity index (χ0) is 10.1. The second-order valence-corrected chi connectivity index (χ2v) is 5.09. The quantitative estimate of drug-likeness (QED) is 0.672. The van der Waals surface area contributed by atoms with E-state index < -0.39 is 5.25 Å². The molecule has 0 radical (unpaired) electrons. The fraction of sp³-hybridized carbons (Fsp3) is 0.333. The van der Waals surface area contributed by atoms with Gasteiger partial charge in [0, 0.05) is 6.42 Å². The van der Waals surface area contributed by atoms with Crippen molar-refractivity contribution in [3.63, 3.8) is 0 Å². The first-order chi connectivity index (χ1) is 6.65. The molecule has 1 aliphatic heterocycles. The molecule has 3 N–H and O–H groups in total. The summed E-state index contributed by atoms with van der Waals surface area (Å²) < 4.78 is 0.609. The Balaban J connectivity index is 2.05. The van der Waals surface area contributed by atoms with E-state index in [2.05, 4.69) is 15.5 Å². The molecule has 0 aliphatic carbocycles. The Morgan fingerprint density at radius 3 is 2.79 bits per heavy atom. The van der Waals surface area contributed by atoms with Crippen molar-refractivity contribution in [3.8, 4) is 0 Å². The van der Waals surface area contributed by atoms with Crippen LogP contribution in [0.3, 0.4) is 0 Å². The van der Waals surface area contributed by atoms with Gasteiger partial charge in [-0.15, -0.1) is 10.2 Å². The highest BCUT2D eigenvalue weighted by atomic mass is 32.2. The molecule has 1 aromatic heterocycles. The molecular weight excluding hydrogens is 224 g/mol. The van der Waals surface area contributed by atoms with Crippen molar-refractivity contribution in [2.24, 2.45) is 0 Å². The molecule has 2 rings (SSSR count). The van der Waals surface area contributed by atoms with Crippen molar-refractivity contribution in [2.75, 3.05) is 5.73 Å². The highest BCUT2D eigenvalue weighted by molar-refractivity contribution is 8.02. The standard InChI is InChI=1S/C6H6N4O2S2/c7-5-9-10-6(14-5)13-2-1-3(11)8-4(2)12/h2H,1H2,(H2,7,9)(H,8,11,12). The predicted molar refractivity (Wildman–Crippen MR) is 51.7 cm³/mol. The normalized spacial score (nSPS) is 21.3. The molecule has 0 saturated carbocycles. The number of nitrogens with zero attached hydrogens (tertiary/aromatic N) is 2. The Kier molecular flexibility index (Phi) is 2.38. The Bertz CT molecular complexity index is 391. The minimum atomic E-state index is -0.394. The summed E-state index contributed by atoms with van der Waals surface area (Å²) in [5.41, 5.74) is 5.38. The molecule has 2 amide bonds. The summed E-state index contributed by atoms with van der Waals surface area (Å²) in [6, 6.07) is 0. The van der Waals surface area contributed by atoms with Crippen LogP contribution in [0.5, 0.6) is 0 Å². The van der Waals surface area contributed by atoms with Crippen LogP contribution in [0.25, 0.3) is 0 Å². The van der Waals surface area contributed by atoms with Crippen molar-refractivity contribution >= 4 is 40.0 Å². The topological polar surface area (TPSA) is 98.0 Å². The molecule has 1 saturated heterocycles. The summed E-state index contributed by atoms with van der Waals surface area (Å²) in [4.78, 5) is 22.0. The van der Waals surface area contributed by atoms with Crippen LogP contribution in [0.4, 0.5) is 5.13 Å².